The number of halogens is 1. The highest BCUT2D eigenvalue weighted by molar-refractivity contribution is 7.99. The van der Waals surface area contributed by atoms with Gasteiger partial charge in [-0.3, -0.25) is 4.79 Å². The highest BCUT2D eigenvalue weighted by Crippen LogP contribution is 2.18. The molecule has 0 saturated heterocycles. The Kier molecular flexibility index (Phi) is 3.89. The first-order valence-corrected chi connectivity index (χ1v) is 7.65. The Hall–Kier alpha value is -2.28. The predicted octanol–water partition coefficient (Wildman–Crippen LogP) is 2.86. The molecule has 7 heteroatoms. The first-order chi connectivity index (χ1) is 10.5. The van der Waals surface area contributed by atoms with Gasteiger partial charge in [0.25, 0.3) is 5.78 Å². The maximum Gasteiger partial charge on any atom is 0.253 e. The van der Waals surface area contributed by atoms with Gasteiger partial charge in [0.2, 0.25) is 5.16 Å². The number of Topliss-reactive ketones (excluding diaryl/α,β-unsaturated/α-hetero) is 1. The van der Waals surface area contributed by atoms with Crippen molar-refractivity contribution >= 4 is 23.3 Å². The van der Waals surface area contributed by atoms with E-state index in [0.29, 0.717) is 10.9 Å². The van der Waals surface area contributed by atoms with Gasteiger partial charge in [-0.2, -0.15) is 4.98 Å². The van der Waals surface area contributed by atoms with Gasteiger partial charge < -0.3 is 0 Å². The quantitative estimate of drug-likeness (QED) is 0.547. The maximum absolute atomic E-state index is 13.6. The summed E-state index contributed by atoms with van der Waals surface area (Å²) in [6, 6.07) is 7.85. The number of nitrogens with zero attached hydrogens (tertiary/aromatic N) is 4. The van der Waals surface area contributed by atoms with Crippen LogP contribution in [0.4, 0.5) is 4.39 Å². The summed E-state index contributed by atoms with van der Waals surface area (Å²) < 4.78 is 15.2. The van der Waals surface area contributed by atoms with Gasteiger partial charge in [-0.05, 0) is 32.0 Å². The lowest BCUT2D eigenvalue weighted by atomic mass is 10.1. The summed E-state index contributed by atoms with van der Waals surface area (Å²) in [5, 5.41) is 4.75. The fourth-order valence-electron chi connectivity index (χ4n) is 2.10. The van der Waals surface area contributed by atoms with E-state index in [4.69, 9.17) is 0 Å². The zero-order chi connectivity index (χ0) is 15.7. The molecule has 22 heavy (non-hydrogen) atoms. The molecule has 3 aromatic rings. The van der Waals surface area contributed by atoms with E-state index in [1.807, 2.05) is 19.9 Å². The molecule has 1 aromatic carbocycles. The van der Waals surface area contributed by atoms with Crippen molar-refractivity contribution in [3.05, 3.63) is 53.1 Å². The molecule has 0 aliphatic rings. The number of aromatic nitrogens is 4. The Morgan fingerprint density at radius 3 is 2.82 bits per heavy atom. The number of rotatable bonds is 4. The van der Waals surface area contributed by atoms with Gasteiger partial charge in [0, 0.05) is 11.4 Å². The normalized spacial score (nSPS) is 11.0. The van der Waals surface area contributed by atoms with Crippen molar-refractivity contribution in [1.82, 2.24) is 19.6 Å². The maximum atomic E-state index is 13.6. The zero-order valence-electron chi connectivity index (χ0n) is 12.1. The molecule has 112 valence electrons. The monoisotopic (exact) mass is 316 g/mol. The highest BCUT2D eigenvalue weighted by Gasteiger charge is 2.14. The van der Waals surface area contributed by atoms with E-state index in [0.717, 1.165) is 11.4 Å². The number of hydrogen-bond acceptors (Lipinski definition) is 5. The van der Waals surface area contributed by atoms with Crippen molar-refractivity contribution in [1.29, 1.82) is 0 Å². The summed E-state index contributed by atoms with van der Waals surface area (Å²) in [5.41, 5.74) is 1.86. The third kappa shape index (κ3) is 2.85. The van der Waals surface area contributed by atoms with E-state index >= 15 is 0 Å². The van der Waals surface area contributed by atoms with Gasteiger partial charge in [0.15, 0.2) is 5.78 Å². The minimum absolute atomic E-state index is 0.0792. The second-order valence-electron chi connectivity index (χ2n) is 4.84. The topological polar surface area (TPSA) is 60.2 Å². The minimum Gasteiger partial charge on any atom is -0.293 e. The fourth-order valence-corrected chi connectivity index (χ4v) is 2.81. The molecule has 3 rings (SSSR count). The SMILES string of the molecule is Cc1cc(C)n2nc(SCC(=O)c3ccccc3F)nc2n1. The minimum atomic E-state index is -0.510. The number of fused-ring (bicyclic) bond motifs is 1. The van der Waals surface area contributed by atoms with Crippen LogP contribution in [0.2, 0.25) is 0 Å². The van der Waals surface area contributed by atoms with Crippen LogP contribution in [0.25, 0.3) is 5.78 Å². The van der Waals surface area contributed by atoms with Gasteiger partial charge in [-0.25, -0.2) is 13.9 Å². The Balaban J connectivity index is 1.78. The van der Waals surface area contributed by atoms with Crippen LogP contribution in [0, 0.1) is 19.7 Å². The summed E-state index contributed by atoms with van der Waals surface area (Å²) in [7, 11) is 0. The van der Waals surface area contributed by atoms with E-state index in [2.05, 4.69) is 15.1 Å². The number of benzene rings is 1. The molecule has 0 fully saturated rings. The molecule has 0 amide bonds. The van der Waals surface area contributed by atoms with Crippen molar-refractivity contribution in [2.24, 2.45) is 0 Å². The Morgan fingerprint density at radius 2 is 2.05 bits per heavy atom. The molecule has 0 spiro atoms. The van der Waals surface area contributed by atoms with Gasteiger partial charge in [0.05, 0.1) is 11.3 Å². The fraction of sp³-hybridized carbons (Fsp3) is 0.200. The van der Waals surface area contributed by atoms with Crippen LogP contribution in [-0.4, -0.2) is 31.1 Å². The summed E-state index contributed by atoms with van der Waals surface area (Å²) >= 11 is 1.17. The van der Waals surface area contributed by atoms with Gasteiger partial charge in [0.1, 0.15) is 5.82 Å². The smallest absolute Gasteiger partial charge is 0.253 e. The van der Waals surface area contributed by atoms with Crippen molar-refractivity contribution in [3.63, 3.8) is 0 Å². The first-order valence-electron chi connectivity index (χ1n) is 6.66. The van der Waals surface area contributed by atoms with Crippen molar-refractivity contribution in [2.45, 2.75) is 19.0 Å². The van der Waals surface area contributed by atoms with Crippen LogP contribution >= 0.6 is 11.8 Å². The number of thioether (sulfide) groups is 1. The standard InChI is InChI=1S/C15H13FN4OS/c1-9-7-10(2)20-14(17-9)18-15(19-20)22-8-13(21)11-5-3-4-6-12(11)16/h3-7H,8H2,1-2H3. The second-order valence-corrected chi connectivity index (χ2v) is 5.78. The molecule has 0 saturated carbocycles. The van der Waals surface area contributed by atoms with Crippen LogP contribution in [-0.2, 0) is 0 Å². The largest absolute Gasteiger partial charge is 0.293 e. The Morgan fingerprint density at radius 1 is 1.27 bits per heavy atom. The Labute approximate surface area is 130 Å². The van der Waals surface area contributed by atoms with Crippen LogP contribution in [0.1, 0.15) is 21.7 Å². The van der Waals surface area contributed by atoms with Gasteiger partial charge >= 0.3 is 0 Å². The van der Waals surface area contributed by atoms with Gasteiger partial charge in [-0.15, -0.1) is 5.10 Å². The molecule has 2 aromatic heterocycles. The van der Waals surface area contributed by atoms with Crippen molar-refractivity contribution < 1.29 is 9.18 Å². The summed E-state index contributed by atoms with van der Waals surface area (Å²) in [5.74, 6) is -0.221. The van der Waals surface area contributed by atoms with E-state index in [-0.39, 0.29) is 17.1 Å². The van der Waals surface area contributed by atoms with Crippen LogP contribution in [0.15, 0.2) is 35.5 Å². The average Bonchev–Trinajstić information content (AvgIpc) is 2.88. The molecular formula is C15H13FN4OS. The third-order valence-corrected chi connectivity index (χ3v) is 3.94. The lowest BCUT2D eigenvalue weighted by Gasteiger charge is -2.00. The number of ketones is 1. The summed E-state index contributed by atoms with van der Waals surface area (Å²) in [6.07, 6.45) is 0. The Bertz CT molecular complexity index is 862. The van der Waals surface area contributed by atoms with Crippen molar-refractivity contribution in [2.75, 3.05) is 5.75 Å². The number of carbonyl (C=O) groups is 1. The number of carbonyl (C=O) groups excluding carboxylic acids is 1. The van der Waals surface area contributed by atoms with Crippen LogP contribution < -0.4 is 0 Å². The molecule has 0 aliphatic heterocycles. The third-order valence-electron chi connectivity index (χ3n) is 3.11. The average molecular weight is 316 g/mol. The molecule has 0 N–H and O–H groups in total. The van der Waals surface area contributed by atoms with Crippen molar-refractivity contribution in [3.8, 4) is 0 Å². The van der Waals surface area contributed by atoms with E-state index in [9.17, 15) is 9.18 Å². The lowest BCUT2D eigenvalue weighted by molar-refractivity contribution is 0.101. The lowest BCUT2D eigenvalue weighted by Crippen LogP contribution is -2.05. The molecule has 5 nitrogen and oxygen atoms in total. The highest BCUT2D eigenvalue weighted by atomic mass is 32.2. The van der Waals surface area contributed by atoms with Crippen LogP contribution in [0.5, 0.6) is 0 Å². The predicted molar refractivity (Wildman–Crippen MR) is 81.7 cm³/mol. The molecule has 0 bridgehead atoms. The first kappa shape index (κ1) is 14.6. The molecular weight excluding hydrogens is 303 g/mol. The van der Waals surface area contributed by atoms with E-state index in [1.54, 1.807) is 16.6 Å². The molecule has 2 heterocycles. The molecule has 0 unspecified atom stereocenters. The second kappa shape index (κ2) is 5.84. The molecule has 0 radical (unpaired) electrons. The molecule has 0 aliphatic carbocycles. The zero-order valence-corrected chi connectivity index (χ0v) is 12.9. The number of aryl methyl sites for hydroxylation is 2. The summed E-state index contributed by atoms with van der Waals surface area (Å²) in [4.78, 5) is 20.6. The van der Waals surface area contributed by atoms with E-state index in [1.165, 1.54) is 23.9 Å². The molecule has 0 atom stereocenters. The number of hydrogen-bond donors (Lipinski definition) is 0. The van der Waals surface area contributed by atoms with Gasteiger partial charge in [-0.1, -0.05) is 23.9 Å². The van der Waals surface area contributed by atoms with E-state index < -0.39 is 5.82 Å². The van der Waals surface area contributed by atoms with Crippen LogP contribution in [0.3, 0.4) is 0 Å². The summed E-state index contributed by atoms with van der Waals surface area (Å²) in [6.45, 7) is 3.80.